The van der Waals surface area contributed by atoms with Crippen molar-refractivity contribution in [1.29, 1.82) is 0 Å². The number of amides is 2. The van der Waals surface area contributed by atoms with Crippen LogP contribution in [0.4, 0.5) is 18.9 Å². The second-order valence-electron chi connectivity index (χ2n) is 7.92. The molecule has 0 aromatic heterocycles. The Morgan fingerprint density at radius 2 is 2.06 bits per heavy atom. The lowest BCUT2D eigenvalue weighted by atomic mass is 10.2. The van der Waals surface area contributed by atoms with Crippen molar-refractivity contribution in [1.82, 2.24) is 4.90 Å². The average molecular weight is 523 g/mol. The van der Waals surface area contributed by atoms with E-state index >= 15 is 0 Å². The Bertz CT molecular complexity index is 1160. The van der Waals surface area contributed by atoms with Gasteiger partial charge in [-0.05, 0) is 54.8 Å². The fraction of sp³-hybridized carbons (Fsp3) is 0.292. The third kappa shape index (κ3) is 6.62. The first kappa shape index (κ1) is 25.2. The molecule has 184 valence electrons. The van der Waals surface area contributed by atoms with E-state index in [1.165, 1.54) is 23.9 Å². The zero-order chi connectivity index (χ0) is 25.0. The summed E-state index contributed by atoms with van der Waals surface area (Å²) in [6.45, 7) is 0.732. The van der Waals surface area contributed by atoms with E-state index in [-0.39, 0.29) is 17.7 Å². The van der Waals surface area contributed by atoms with Crippen molar-refractivity contribution in [2.45, 2.75) is 25.1 Å². The topological polar surface area (TPSA) is 67.9 Å². The Hall–Kier alpha value is -2.89. The van der Waals surface area contributed by atoms with Crippen LogP contribution >= 0.6 is 24.0 Å². The molecule has 1 atom stereocenters. The number of ether oxygens (including phenoxy) is 2. The molecule has 2 aliphatic heterocycles. The van der Waals surface area contributed by atoms with E-state index in [1.807, 2.05) is 0 Å². The number of thiocarbonyl (C=S) groups is 1. The van der Waals surface area contributed by atoms with Gasteiger partial charge < -0.3 is 14.8 Å². The number of rotatable bonds is 7. The zero-order valence-corrected chi connectivity index (χ0v) is 20.0. The van der Waals surface area contributed by atoms with Crippen molar-refractivity contribution in [2.24, 2.45) is 0 Å². The Balaban J connectivity index is 1.35. The summed E-state index contributed by atoms with van der Waals surface area (Å²) < 4.78 is 50.1. The highest BCUT2D eigenvalue weighted by Crippen LogP contribution is 2.34. The minimum Gasteiger partial charge on any atom is -0.484 e. The monoisotopic (exact) mass is 522 g/mol. The van der Waals surface area contributed by atoms with Gasteiger partial charge >= 0.3 is 6.18 Å². The van der Waals surface area contributed by atoms with Gasteiger partial charge in [-0.2, -0.15) is 13.2 Å². The van der Waals surface area contributed by atoms with Gasteiger partial charge in [0.15, 0.2) is 6.61 Å². The smallest absolute Gasteiger partial charge is 0.416 e. The highest BCUT2D eigenvalue weighted by atomic mass is 32.2. The summed E-state index contributed by atoms with van der Waals surface area (Å²) in [7, 11) is 0. The van der Waals surface area contributed by atoms with Crippen LogP contribution in [0.1, 0.15) is 24.0 Å². The van der Waals surface area contributed by atoms with E-state index in [9.17, 15) is 22.8 Å². The summed E-state index contributed by atoms with van der Waals surface area (Å²) in [6, 6.07) is 11.1. The molecular formula is C24H21F3N2O4S2. The van der Waals surface area contributed by atoms with Crippen LogP contribution < -0.4 is 10.1 Å². The molecule has 0 bridgehead atoms. The second-order valence-corrected chi connectivity index (χ2v) is 9.59. The van der Waals surface area contributed by atoms with Crippen LogP contribution in [-0.4, -0.2) is 46.9 Å². The van der Waals surface area contributed by atoms with Crippen LogP contribution in [-0.2, 0) is 20.5 Å². The number of halogens is 3. The van der Waals surface area contributed by atoms with Crippen LogP contribution in [0.3, 0.4) is 0 Å². The number of thioether (sulfide) groups is 1. The summed E-state index contributed by atoms with van der Waals surface area (Å²) in [4.78, 5) is 27.0. The molecule has 2 aromatic carbocycles. The van der Waals surface area contributed by atoms with E-state index in [0.29, 0.717) is 33.7 Å². The number of alkyl halides is 3. The normalized spacial score (nSPS) is 19.5. The molecule has 0 spiro atoms. The van der Waals surface area contributed by atoms with E-state index < -0.39 is 24.3 Å². The molecule has 0 unspecified atom stereocenters. The van der Waals surface area contributed by atoms with Crippen molar-refractivity contribution < 1.29 is 32.2 Å². The minimum absolute atomic E-state index is 0.00402. The number of benzene rings is 2. The lowest BCUT2D eigenvalue weighted by Gasteiger charge is -2.18. The first-order valence-electron chi connectivity index (χ1n) is 10.8. The predicted octanol–water partition coefficient (Wildman–Crippen LogP) is 5.10. The van der Waals surface area contributed by atoms with Gasteiger partial charge in [0.1, 0.15) is 10.1 Å². The Labute approximate surface area is 209 Å². The fourth-order valence-corrected chi connectivity index (χ4v) is 4.89. The van der Waals surface area contributed by atoms with Crippen molar-refractivity contribution in [3.63, 3.8) is 0 Å². The first-order valence-corrected chi connectivity index (χ1v) is 12.0. The molecule has 6 nitrogen and oxygen atoms in total. The number of carbonyl (C=O) groups is 2. The number of carbonyl (C=O) groups excluding carboxylic acids is 2. The minimum atomic E-state index is -4.50. The highest BCUT2D eigenvalue weighted by molar-refractivity contribution is 8.26. The van der Waals surface area contributed by atoms with Crippen molar-refractivity contribution in [3.8, 4) is 5.75 Å². The van der Waals surface area contributed by atoms with E-state index in [1.54, 1.807) is 35.2 Å². The molecule has 2 amide bonds. The highest BCUT2D eigenvalue weighted by Gasteiger charge is 2.34. The molecule has 2 aliphatic rings. The lowest BCUT2D eigenvalue weighted by Crippen LogP contribution is -2.35. The zero-order valence-electron chi connectivity index (χ0n) is 18.3. The van der Waals surface area contributed by atoms with Crippen LogP contribution in [0, 0.1) is 0 Å². The van der Waals surface area contributed by atoms with E-state index in [2.05, 4.69) is 5.32 Å². The third-order valence-electron chi connectivity index (χ3n) is 5.28. The molecule has 2 fully saturated rings. The number of nitrogens with zero attached hydrogens (tertiary/aromatic N) is 1. The van der Waals surface area contributed by atoms with Crippen molar-refractivity contribution >= 4 is 51.9 Å². The van der Waals surface area contributed by atoms with E-state index in [0.717, 1.165) is 25.0 Å². The summed E-state index contributed by atoms with van der Waals surface area (Å²) in [5, 5.41) is 2.39. The summed E-state index contributed by atoms with van der Waals surface area (Å²) in [5.41, 5.74) is -0.157. The van der Waals surface area contributed by atoms with Gasteiger partial charge in [-0.15, -0.1) is 0 Å². The molecule has 2 aromatic rings. The van der Waals surface area contributed by atoms with Gasteiger partial charge in [0.2, 0.25) is 0 Å². The largest absolute Gasteiger partial charge is 0.484 e. The molecule has 2 heterocycles. The average Bonchev–Trinajstić information content (AvgIpc) is 3.42. The van der Waals surface area contributed by atoms with Crippen molar-refractivity contribution in [3.05, 3.63) is 64.6 Å². The molecule has 2 saturated heterocycles. The molecule has 35 heavy (non-hydrogen) atoms. The maximum atomic E-state index is 12.8. The summed E-state index contributed by atoms with van der Waals surface area (Å²) in [6.07, 6.45) is -0.937. The maximum Gasteiger partial charge on any atom is 0.416 e. The van der Waals surface area contributed by atoms with Gasteiger partial charge in [-0.1, -0.05) is 42.2 Å². The van der Waals surface area contributed by atoms with Gasteiger partial charge in [0.25, 0.3) is 11.8 Å². The maximum absolute atomic E-state index is 12.8. The molecule has 11 heteroatoms. The fourth-order valence-electron chi connectivity index (χ4n) is 3.61. The van der Waals surface area contributed by atoms with Gasteiger partial charge in [0.05, 0.1) is 23.1 Å². The molecule has 0 aliphatic carbocycles. The number of anilines is 1. The van der Waals surface area contributed by atoms with Gasteiger partial charge in [-0.25, -0.2) is 0 Å². The Morgan fingerprint density at radius 1 is 1.26 bits per heavy atom. The van der Waals surface area contributed by atoms with Gasteiger partial charge in [0, 0.05) is 12.3 Å². The molecule has 0 saturated carbocycles. The molecule has 4 rings (SSSR count). The second kappa shape index (κ2) is 10.8. The molecule has 0 radical (unpaired) electrons. The first-order chi connectivity index (χ1) is 16.7. The number of hydrogen-bond donors (Lipinski definition) is 1. The lowest BCUT2D eigenvalue weighted by molar-refractivity contribution is -0.137. The quantitative estimate of drug-likeness (QED) is 0.403. The number of nitrogens with one attached hydrogen (secondary N) is 1. The van der Waals surface area contributed by atoms with Crippen LogP contribution in [0.15, 0.2) is 53.4 Å². The molecule has 1 N–H and O–H groups in total. The number of hydrogen-bond acceptors (Lipinski definition) is 6. The van der Waals surface area contributed by atoms with Crippen molar-refractivity contribution in [2.75, 3.05) is 25.1 Å². The summed E-state index contributed by atoms with van der Waals surface area (Å²) in [5.74, 6) is -0.417. The Kier molecular flexibility index (Phi) is 7.78. The van der Waals surface area contributed by atoms with Crippen LogP contribution in [0.25, 0.3) is 6.08 Å². The van der Waals surface area contributed by atoms with Gasteiger partial charge in [-0.3, -0.25) is 14.5 Å². The van der Waals surface area contributed by atoms with Crippen LogP contribution in [0.5, 0.6) is 5.75 Å². The van der Waals surface area contributed by atoms with Crippen LogP contribution in [0.2, 0.25) is 0 Å². The molecular weight excluding hydrogens is 501 g/mol. The third-order valence-corrected chi connectivity index (χ3v) is 6.66. The Morgan fingerprint density at radius 3 is 2.80 bits per heavy atom. The predicted molar refractivity (Wildman–Crippen MR) is 131 cm³/mol. The standard InChI is InChI=1S/C24H21F3N2O4S2/c25-24(26,27)16-5-2-6-17(12-16)28-21(30)14-33-18-7-1-4-15(10-18)11-20-22(31)29(23(34)35-20)13-19-8-3-9-32-19/h1-2,4-7,10-12,19H,3,8-9,13-14H2,(H,28,30)/b20-11-/t19-/m1/s1. The van der Waals surface area contributed by atoms with E-state index in [4.69, 9.17) is 21.7 Å². The SMILES string of the molecule is O=C(COc1cccc(/C=C2\SC(=S)N(C[C@H]3CCCO3)C2=O)c1)Nc1cccc(C(F)(F)F)c1. The summed E-state index contributed by atoms with van der Waals surface area (Å²) >= 11 is 6.58.